The lowest BCUT2D eigenvalue weighted by Crippen LogP contribution is -2.37. The first-order valence-corrected chi connectivity index (χ1v) is 8.78. The first-order chi connectivity index (χ1) is 9.56. The third kappa shape index (κ3) is 4.42. The Hall–Kier alpha value is -0.670. The van der Waals surface area contributed by atoms with Crippen LogP contribution in [0.5, 0.6) is 0 Å². The van der Waals surface area contributed by atoms with Crippen LogP contribution >= 0.6 is 11.8 Å². The summed E-state index contributed by atoms with van der Waals surface area (Å²) in [6.45, 7) is 13.4. The smallest absolute Gasteiger partial charge is 0.0412 e. The van der Waals surface area contributed by atoms with E-state index in [1.165, 1.54) is 35.7 Å². The van der Waals surface area contributed by atoms with Crippen LogP contribution in [0.25, 0.3) is 0 Å². The fraction of sp³-hybridized carbons (Fsp3) is 0.647. The molecule has 1 aliphatic heterocycles. The van der Waals surface area contributed by atoms with Crippen molar-refractivity contribution in [2.45, 2.75) is 39.5 Å². The maximum atomic E-state index is 3.59. The van der Waals surface area contributed by atoms with Crippen LogP contribution in [0.3, 0.4) is 0 Å². The molecule has 1 saturated heterocycles. The van der Waals surface area contributed by atoms with Gasteiger partial charge in [0.1, 0.15) is 0 Å². The average Bonchev–Trinajstić information content (AvgIpc) is 2.38. The molecule has 20 heavy (non-hydrogen) atoms. The van der Waals surface area contributed by atoms with E-state index in [0.717, 1.165) is 18.3 Å². The molecule has 3 heteroatoms. The molecule has 1 aliphatic rings. The van der Waals surface area contributed by atoms with E-state index < -0.39 is 0 Å². The predicted molar refractivity (Wildman–Crippen MR) is 91.9 cm³/mol. The van der Waals surface area contributed by atoms with Crippen molar-refractivity contribution in [1.29, 1.82) is 0 Å². The Bertz CT molecular complexity index is 431. The first-order valence-electron chi connectivity index (χ1n) is 7.73. The van der Waals surface area contributed by atoms with Crippen LogP contribution in [0, 0.1) is 12.8 Å². The van der Waals surface area contributed by atoms with Crippen molar-refractivity contribution in [3.8, 4) is 0 Å². The van der Waals surface area contributed by atoms with Crippen LogP contribution in [0.2, 0.25) is 0 Å². The molecule has 1 heterocycles. The minimum Gasteiger partial charge on any atom is -0.369 e. The maximum Gasteiger partial charge on any atom is 0.0412 e. The molecule has 0 spiro atoms. The van der Waals surface area contributed by atoms with Gasteiger partial charge in [-0.2, -0.15) is 11.8 Å². The summed E-state index contributed by atoms with van der Waals surface area (Å²) in [6.07, 6.45) is 0. The quantitative estimate of drug-likeness (QED) is 0.891. The van der Waals surface area contributed by atoms with E-state index in [1.807, 2.05) is 0 Å². The number of thioether (sulfide) groups is 1. The summed E-state index contributed by atoms with van der Waals surface area (Å²) in [6, 6.07) is 6.90. The summed E-state index contributed by atoms with van der Waals surface area (Å²) < 4.78 is 0. The third-order valence-electron chi connectivity index (χ3n) is 3.68. The molecule has 112 valence electrons. The van der Waals surface area contributed by atoms with E-state index in [-0.39, 0.29) is 0 Å². The molecule has 1 N–H and O–H groups in total. The Balaban J connectivity index is 2.10. The molecule has 0 aromatic heterocycles. The molecule has 2 nitrogen and oxygen atoms in total. The average molecular weight is 292 g/mol. The fourth-order valence-electron chi connectivity index (χ4n) is 2.70. The third-order valence-corrected chi connectivity index (χ3v) is 4.82. The lowest BCUT2D eigenvalue weighted by molar-refractivity contribution is 0.551. The Kier molecular flexibility index (Phi) is 5.79. The molecule has 0 saturated carbocycles. The minimum absolute atomic E-state index is 0.703. The van der Waals surface area contributed by atoms with Crippen LogP contribution in [-0.4, -0.2) is 30.6 Å². The molecule has 0 radical (unpaired) electrons. The van der Waals surface area contributed by atoms with E-state index in [2.05, 4.69) is 67.9 Å². The number of aryl methyl sites for hydroxylation is 1. The Morgan fingerprint density at radius 3 is 2.90 bits per heavy atom. The monoisotopic (exact) mass is 292 g/mol. The van der Waals surface area contributed by atoms with E-state index in [4.69, 9.17) is 0 Å². The lowest BCUT2D eigenvalue weighted by Gasteiger charge is -2.34. The molecule has 1 unspecified atom stereocenters. The molecule has 0 amide bonds. The van der Waals surface area contributed by atoms with Crippen molar-refractivity contribution in [2.75, 3.05) is 30.3 Å². The second-order valence-electron chi connectivity index (χ2n) is 6.28. The number of nitrogens with one attached hydrogen (secondary N) is 1. The van der Waals surface area contributed by atoms with Crippen LogP contribution in [0.4, 0.5) is 5.69 Å². The van der Waals surface area contributed by atoms with Crippen molar-refractivity contribution in [3.63, 3.8) is 0 Å². The van der Waals surface area contributed by atoms with Crippen molar-refractivity contribution < 1.29 is 0 Å². The number of anilines is 1. The number of nitrogens with zero attached hydrogens (tertiary/aromatic N) is 1. The number of benzene rings is 1. The fourth-order valence-corrected chi connectivity index (χ4v) is 3.71. The highest BCUT2D eigenvalue weighted by molar-refractivity contribution is 8.00. The lowest BCUT2D eigenvalue weighted by atomic mass is 10.1. The SMILES string of the molecule is Cc1ccc(N2CCSC(C)C2)c(CNCC(C)C)c1. The highest BCUT2D eigenvalue weighted by Gasteiger charge is 2.19. The highest BCUT2D eigenvalue weighted by atomic mass is 32.2. The number of hydrogen-bond acceptors (Lipinski definition) is 3. The van der Waals surface area contributed by atoms with Crippen molar-refractivity contribution >= 4 is 17.4 Å². The van der Waals surface area contributed by atoms with E-state index in [9.17, 15) is 0 Å². The van der Waals surface area contributed by atoms with E-state index in [0.29, 0.717) is 5.92 Å². The molecule has 0 aliphatic carbocycles. The summed E-state index contributed by atoms with van der Waals surface area (Å²) in [5.41, 5.74) is 4.23. The van der Waals surface area contributed by atoms with Gasteiger partial charge < -0.3 is 10.2 Å². The van der Waals surface area contributed by atoms with Gasteiger partial charge in [-0.25, -0.2) is 0 Å². The second-order valence-corrected chi connectivity index (χ2v) is 7.83. The summed E-state index contributed by atoms with van der Waals surface area (Å²) in [5, 5.41) is 4.32. The standard InChI is InChI=1S/C17H28N2S/c1-13(2)10-18-11-16-9-14(3)5-6-17(16)19-7-8-20-15(4)12-19/h5-6,9,13,15,18H,7-8,10-12H2,1-4H3. The molecule has 0 bridgehead atoms. The zero-order valence-electron chi connectivity index (χ0n) is 13.3. The second kappa shape index (κ2) is 7.37. The topological polar surface area (TPSA) is 15.3 Å². The molecule has 1 aromatic rings. The van der Waals surface area contributed by atoms with Crippen LogP contribution < -0.4 is 10.2 Å². The van der Waals surface area contributed by atoms with E-state index >= 15 is 0 Å². The van der Waals surface area contributed by atoms with Gasteiger partial charge >= 0.3 is 0 Å². The number of hydrogen-bond donors (Lipinski definition) is 1. The van der Waals surface area contributed by atoms with Gasteiger partial charge in [-0.1, -0.05) is 38.5 Å². The van der Waals surface area contributed by atoms with Crippen molar-refractivity contribution in [1.82, 2.24) is 5.32 Å². The summed E-state index contributed by atoms with van der Waals surface area (Å²) in [7, 11) is 0. The molecule has 2 rings (SSSR count). The van der Waals surface area contributed by atoms with E-state index in [1.54, 1.807) is 0 Å². The molecular weight excluding hydrogens is 264 g/mol. The van der Waals surface area contributed by atoms with Crippen molar-refractivity contribution in [2.24, 2.45) is 5.92 Å². The number of rotatable bonds is 5. The Morgan fingerprint density at radius 2 is 2.20 bits per heavy atom. The first kappa shape index (κ1) is 15.7. The van der Waals surface area contributed by atoms with Gasteiger partial charge in [-0.3, -0.25) is 0 Å². The Labute approximate surface area is 128 Å². The zero-order chi connectivity index (χ0) is 14.5. The van der Waals surface area contributed by atoms with Gasteiger partial charge in [-0.05, 0) is 31.0 Å². The highest BCUT2D eigenvalue weighted by Crippen LogP contribution is 2.27. The van der Waals surface area contributed by atoms with Gasteiger partial charge in [0.05, 0.1) is 0 Å². The van der Waals surface area contributed by atoms with Gasteiger partial charge in [0, 0.05) is 36.3 Å². The van der Waals surface area contributed by atoms with Crippen LogP contribution in [0.15, 0.2) is 18.2 Å². The van der Waals surface area contributed by atoms with Gasteiger partial charge in [0.25, 0.3) is 0 Å². The van der Waals surface area contributed by atoms with Crippen LogP contribution in [0.1, 0.15) is 31.9 Å². The molecule has 1 aromatic carbocycles. The van der Waals surface area contributed by atoms with Crippen molar-refractivity contribution in [3.05, 3.63) is 29.3 Å². The van der Waals surface area contributed by atoms with Crippen LogP contribution in [-0.2, 0) is 6.54 Å². The summed E-state index contributed by atoms with van der Waals surface area (Å²) in [4.78, 5) is 2.56. The normalized spacial score (nSPS) is 19.6. The molecule has 1 fully saturated rings. The predicted octanol–water partition coefficient (Wildman–Crippen LogP) is 3.68. The van der Waals surface area contributed by atoms with Gasteiger partial charge in [-0.15, -0.1) is 0 Å². The summed E-state index contributed by atoms with van der Waals surface area (Å²) in [5.74, 6) is 1.95. The molecular formula is C17H28N2S. The zero-order valence-corrected chi connectivity index (χ0v) is 14.1. The van der Waals surface area contributed by atoms with Gasteiger partial charge in [0.2, 0.25) is 0 Å². The summed E-state index contributed by atoms with van der Waals surface area (Å²) >= 11 is 2.09. The molecule has 1 atom stereocenters. The minimum atomic E-state index is 0.703. The largest absolute Gasteiger partial charge is 0.369 e. The van der Waals surface area contributed by atoms with Gasteiger partial charge in [0.15, 0.2) is 0 Å². The maximum absolute atomic E-state index is 3.59. The Morgan fingerprint density at radius 1 is 1.40 bits per heavy atom.